The average Bonchev–Trinajstić information content (AvgIpc) is 2.96. The third-order valence-corrected chi connectivity index (χ3v) is 6.08. The van der Waals surface area contributed by atoms with Gasteiger partial charge in [0.1, 0.15) is 17.4 Å². The first kappa shape index (κ1) is 19.1. The van der Waals surface area contributed by atoms with Crippen LogP contribution in [0, 0.1) is 25.4 Å². The number of hydrogen-bond acceptors (Lipinski definition) is 4. The van der Waals surface area contributed by atoms with Crippen LogP contribution in [0.4, 0.5) is 0 Å². The Balaban J connectivity index is 2.01. The number of ether oxygens (including phenoxy) is 1. The lowest BCUT2D eigenvalue weighted by Crippen LogP contribution is -2.26. The third-order valence-electron chi connectivity index (χ3n) is 4.65. The summed E-state index contributed by atoms with van der Waals surface area (Å²) in [5.74, 6) is 0.0323. The standard InChI is InChI=1S/C20H14I2N4O2/c1-10-16(20(27)26(25-10)12-5-3-2-4-6-12)17-13-7-11(21)8-15(22)18(13)28-19(24)14(17)9-23/h2-8,17,25H,24H2,1H3. The summed E-state index contributed by atoms with van der Waals surface area (Å²) in [6.07, 6.45) is 0. The van der Waals surface area contributed by atoms with Crippen LogP contribution in [0.25, 0.3) is 5.69 Å². The summed E-state index contributed by atoms with van der Waals surface area (Å²) in [5, 5.41) is 12.9. The van der Waals surface area contributed by atoms with Gasteiger partial charge >= 0.3 is 0 Å². The van der Waals surface area contributed by atoms with Gasteiger partial charge in [-0.05, 0) is 76.4 Å². The van der Waals surface area contributed by atoms with Gasteiger partial charge in [-0.25, -0.2) is 4.68 Å². The van der Waals surface area contributed by atoms with Gasteiger partial charge in [0, 0.05) is 14.8 Å². The van der Waals surface area contributed by atoms with Crippen molar-refractivity contribution in [3.63, 3.8) is 0 Å². The molecule has 1 aliphatic heterocycles. The number of allylic oxidation sites excluding steroid dienone is 1. The van der Waals surface area contributed by atoms with Crippen LogP contribution in [0.15, 0.2) is 58.7 Å². The van der Waals surface area contributed by atoms with Crippen molar-refractivity contribution in [2.45, 2.75) is 12.8 Å². The maximum atomic E-state index is 13.4. The molecular formula is C20H14I2N4O2. The number of H-pyrrole nitrogens is 1. The summed E-state index contributed by atoms with van der Waals surface area (Å²) < 4.78 is 9.10. The predicted molar refractivity (Wildman–Crippen MR) is 122 cm³/mol. The molecule has 1 unspecified atom stereocenters. The molecule has 2 aromatic carbocycles. The van der Waals surface area contributed by atoms with Gasteiger partial charge < -0.3 is 10.5 Å². The number of nitrogens with zero attached hydrogens (tertiary/aromatic N) is 2. The quantitative estimate of drug-likeness (QED) is 0.439. The Labute approximate surface area is 188 Å². The highest BCUT2D eigenvalue weighted by molar-refractivity contribution is 14.1. The molecule has 0 saturated carbocycles. The zero-order valence-corrected chi connectivity index (χ0v) is 19.0. The van der Waals surface area contributed by atoms with Gasteiger partial charge in [0.2, 0.25) is 5.88 Å². The average molecular weight is 596 g/mol. The Morgan fingerprint density at radius 3 is 2.64 bits per heavy atom. The maximum Gasteiger partial charge on any atom is 0.275 e. The summed E-state index contributed by atoms with van der Waals surface area (Å²) in [4.78, 5) is 13.4. The summed E-state index contributed by atoms with van der Waals surface area (Å²) in [6, 6.07) is 15.4. The minimum absolute atomic E-state index is 0.0328. The van der Waals surface area contributed by atoms with Gasteiger partial charge in [-0.3, -0.25) is 9.89 Å². The Bertz CT molecular complexity index is 1220. The van der Waals surface area contributed by atoms with Crippen molar-refractivity contribution in [1.29, 1.82) is 5.26 Å². The number of aryl methyl sites for hydroxylation is 1. The molecule has 1 aliphatic rings. The lowest BCUT2D eigenvalue weighted by atomic mass is 9.83. The molecule has 3 aromatic rings. The molecule has 1 atom stereocenters. The van der Waals surface area contributed by atoms with Crippen molar-refractivity contribution in [3.05, 3.63) is 88.2 Å². The molecule has 0 aliphatic carbocycles. The molecule has 4 rings (SSSR count). The number of benzene rings is 2. The van der Waals surface area contributed by atoms with Crippen LogP contribution in [0.1, 0.15) is 22.7 Å². The predicted octanol–water partition coefficient (Wildman–Crippen LogP) is 3.90. The second-order valence-corrected chi connectivity index (χ2v) is 8.77. The van der Waals surface area contributed by atoms with Crippen LogP contribution in [-0.4, -0.2) is 9.78 Å². The van der Waals surface area contributed by atoms with Gasteiger partial charge in [0.15, 0.2) is 0 Å². The Morgan fingerprint density at radius 2 is 1.96 bits per heavy atom. The van der Waals surface area contributed by atoms with E-state index in [-0.39, 0.29) is 17.0 Å². The number of aromatic amines is 1. The normalized spacial score (nSPS) is 15.7. The number of para-hydroxylation sites is 1. The van der Waals surface area contributed by atoms with Crippen LogP contribution in [0.2, 0.25) is 0 Å². The minimum Gasteiger partial charge on any atom is -0.439 e. The molecule has 2 heterocycles. The SMILES string of the molecule is Cc1[nH]n(-c2ccccc2)c(=O)c1C1C(C#N)=C(N)Oc2c(I)cc(I)cc21. The van der Waals surface area contributed by atoms with Crippen LogP contribution in [-0.2, 0) is 0 Å². The monoisotopic (exact) mass is 596 g/mol. The highest BCUT2D eigenvalue weighted by atomic mass is 127. The summed E-state index contributed by atoms with van der Waals surface area (Å²) >= 11 is 4.39. The molecule has 0 fully saturated rings. The van der Waals surface area contributed by atoms with E-state index < -0.39 is 5.92 Å². The van der Waals surface area contributed by atoms with Crippen molar-refractivity contribution in [2.75, 3.05) is 0 Å². The molecule has 0 saturated heterocycles. The van der Waals surface area contributed by atoms with Crippen molar-refractivity contribution >= 4 is 45.2 Å². The van der Waals surface area contributed by atoms with E-state index in [1.807, 2.05) is 49.4 Å². The van der Waals surface area contributed by atoms with Gasteiger partial charge in [0.25, 0.3) is 5.56 Å². The third kappa shape index (κ3) is 3.02. The fourth-order valence-corrected chi connectivity index (χ4v) is 5.44. The molecule has 140 valence electrons. The van der Waals surface area contributed by atoms with E-state index >= 15 is 0 Å². The van der Waals surface area contributed by atoms with Crippen molar-refractivity contribution in [1.82, 2.24) is 9.78 Å². The van der Waals surface area contributed by atoms with Gasteiger partial charge in [-0.1, -0.05) is 18.2 Å². The molecule has 8 heteroatoms. The molecule has 28 heavy (non-hydrogen) atoms. The fourth-order valence-electron chi connectivity index (χ4n) is 3.44. The zero-order valence-electron chi connectivity index (χ0n) is 14.7. The Morgan fingerprint density at radius 1 is 1.25 bits per heavy atom. The Hall–Kier alpha value is -2.26. The van der Waals surface area contributed by atoms with Crippen molar-refractivity contribution in [2.24, 2.45) is 5.73 Å². The Kier molecular flexibility index (Phi) is 4.96. The molecular weight excluding hydrogens is 582 g/mol. The number of hydrogen-bond donors (Lipinski definition) is 2. The number of fused-ring (bicyclic) bond motifs is 1. The molecule has 0 radical (unpaired) electrons. The first-order chi connectivity index (χ1) is 13.4. The smallest absolute Gasteiger partial charge is 0.275 e. The van der Waals surface area contributed by atoms with E-state index in [4.69, 9.17) is 10.5 Å². The number of halogens is 2. The van der Waals surface area contributed by atoms with Crippen LogP contribution >= 0.6 is 45.2 Å². The highest BCUT2D eigenvalue weighted by Gasteiger charge is 2.36. The molecule has 0 spiro atoms. The molecule has 0 amide bonds. The van der Waals surface area contributed by atoms with Crippen LogP contribution in [0.5, 0.6) is 5.75 Å². The van der Waals surface area contributed by atoms with E-state index in [0.29, 0.717) is 17.0 Å². The lowest BCUT2D eigenvalue weighted by molar-refractivity contribution is 0.390. The van der Waals surface area contributed by atoms with Gasteiger partial charge in [-0.15, -0.1) is 0 Å². The molecule has 3 N–H and O–H groups in total. The number of nitriles is 1. The molecule has 6 nitrogen and oxygen atoms in total. The van der Waals surface area contributed by atoms with Gasteiger partial charge in [0.05, 0.1) is 20.7 Å². The van der Waals surface area contributed by atoms with Gasteiger partial charge in [-0.2, -0.15) is 5.26 Å². The minimum atomic E-state index is -0.592. The van der Waals surface area contributed by atoms with E-state index in [9.17, 15) is 10.1 Å². The largest absolute Gasteiger partial charge is 0.439 e. The zero-order chi connectivity index (χ0) is 20.0. The first-order valence-corrected chi connectivity index (χ1v) is 10.5. The van der Waals surface area contributed by atoms with E-state index in [1.165, 1.54) is 4.68 Å². The van der Waals surface area contributed by atoms with Crippen molar-refractivity contribution in [3.8, 4) is 17.5 Å². The lowest BCUT2D eigenvalue weighted by Gasteiger charge is -2.26. The molecule has 1 aromatic heterocycles. The number of nitrogens with two attached hydrogens (primary N) is 1. The van der Waals surface area contributed by atoms with E-state index in [1.54, 1.807) is 0 Å². The second kappa shape index (κ2) is 7.29. The number of nitrogens with one attached hydrogen (secondary N) is 1. The maximum absolute atomic E-state index is 13.4. The van der Waals surface area contributed by atoms with E-state index in [0.717, 1.165) is 18.4 Å². The topological polar surface area (TPSA) is 96.8 Å². The number of rotatable bonds is 2. The summed E-state index contributed by atoms with van der Waals surface area (Å²) in [7, 11) is 0. The van der Waals surface area contributed by atoms with Crippen LogP contribution < -0.4 is 16.0 Å². The summed E-state index contributed by atoms with van der Waals surface area (Å²) in [5.41, 5.74) is 8.76. The molecule has 0 bridgehead atoms. The highest BCUT2D eigenvalue weighted by Crippen LogP contribution is 2.44. The van der Waals surface area contributed by atoms with Crippen LogP contribution in [0.3, 0.4) is 0 Å². The first-order valence-electron chi connectivity index (χ1n) is 8.35. The fraction of sp³-hybridized carbons (Fsp3) is 0.100. The number of aromatic nitrogens is 2. The van der Waals surface area contributed by atoms with Crippen molar-refractivity contribution < 1.29 is 4.74 Å². The summed E-state index contributed by atoms with van der Waals surface area (Å²) in [6.45, 7) is 1.83. The van der Waals surface area contributed by atoms with E-state index in [2.05, 4.69) is 56.3 Å². The second-order valence-electron chi connectivity index (χ2n) is 6.36.